The largest absolute Gasteiger partial charge is 0.325 e. The van der Waals surface area contributed by atoms with Crippen molar-refractivity contribution >= 4 is 45.1 Å². The van der Waals surface area contributed by atoms with Crippen molar-refractivity contribution < 1.29 is 9.59 Å². The molecule has 5 aromatic rings. The van der Waals surface area contributed by atoms with Gasteiger partial charge in [0.1, 0.15) is 11.1 Å². The third-order valence-electron chi connectivity index (χ3n) is 5.61. The number of rotatable bonds is 4. The number of nitrogens with zero attached hydrogens (tertiary/aromatic N) is 5. The quantitative estimate of drug-likeness (QED) is 0.422. The molecule has 35 heavy (non-hydrogen) atoms. The number of nitrogens with one attached hydrogen (secondary N) is 1. The topological polar surface area (TPSA) is 110 Å². The molecule has 0 fully saturated rings. The fourth-order valence-electron chi connectivity index (χ4n) is 4.03. The van der Waals surface area contributed by atoms with Gasteiger partial charge in [0.25, 0.3) is 11.5 Å². The first-order chi connectivity index (χ1) is 17.1. The number of hydrogen-bond acceptors (Lipinski definition) is 7. The van der Waals surface area contributed by atoms with Crippen molar-refractivity contribution in [1.82, 2.24) is 19.6 Å². The summed E-state index contributed by atoms with van der Waals surface area (Å²) in [6.45, 7) is -0.185. The van der Waals surface area contributed by atoms with E-state index >= 15 is 0 Å². The minimum atomic E-state index is -0.424. The van der Waals surface area contributed by atoms with Gasteiger partial charge in [-0.3, -0.25) is 24.3 Å². The first kappa shape index (κ1) is 20.9. The molecule has 0 atom stereocenters. The first-order valence-electron chi connectivity index (χ1n) is 10.7. The number of carbonyl (C=O) groups excluding carboxylic acids is 2. The summed E-state index contributed by atoms with van der Waals surface area (Å²) in [5.74, 6) is -0.345. The molecule has 3 aromatic heterocycles. The standard InChI is InChI=1S/C25H16N6O3S/c32-19(27-16-6-2-1-3-7-16)14-30-18-9-5-4-8-17(18)20(23(30)33)21-24(34)31-25(35-21)28-22(29-31)15-10-12-26-13-11-15/h1-13H,14H2,(H,27,32). The Balaban J connectivity index is 1.41. The van der Waals surface area contributed by atoms with Crippen molar-refractivity contribution in [2.45, 2.75) is 0 Å². The Morgan fingerprint density at radius 1 is 0.943 bits per heavy atom. The lowest BCUT2D eigenvalue weighted by Gasteiger charge is -2.16. The third kappa shape index (κ3) is 3.56. The summed E-state index contributed by atoms with van der Waals surface area (Å²) >= 11 is 1.10. The molecule has 6 rings (SSSR count). The number of thiazole rings is 1. The molecule has 2 aromatic carbocycles. The lowest BCUT2D eigenvalue weighted by molar-refractivity contribution is -0.118. The Hall–Kier alpha value is -4.70. The molecule has 1 aliphatic heterocycles. The fourth-order valence-corrected chi connectivity index (χ4v) is 5.03. The molecule has 0 unspecified atom stereocenters. The van der Waals surface area contributed by atoms with Crippen LogP contribution in [0.2, 0.25) is 0 Å². The van der Waals surface area contributed by atoms with Crippen LogP contribution in [0.1, 0.15) is 5.56 Å². The highest BCUT2D eigenvalue weighted by Gasteiger charge is 2.35. The predicted molar refractivity (Wildman–Crippen MR) is 132 cm³/mol. The maximum atomic E-state index is 13.5. The van der Waals surface area contributed by atoms with Crippen molar-refractivity contribution in [3.63, 3.8) is 0 Å². The Bertz CT molecular complexity index is 1710. The van der Waals surface area contributed by atoms with Gasteiger partial charge in [-0.1, -0.05) is 47.7 Å². The van der Waals surface area contributed by atoms with Gasteiger partial charge in [0.2, 0.25) is 10.9 Å². The number of carbonyl (C=O) groups is 2. The van der Waals surface area contributed by atoms with E-state index in [4.69, 9.17) is 0 Å². The molecule has 1 N–H and O–H groups in total. The van der Waals surface area contributed by atoms with Crippen molar-refractivity contribution in [1.29, 1.82) is 0 Å². The van der Waals surface area contributed by atoms with Gasteiger partial charge in [0.15, 0.2) is 5.82 Å². The zero-order valence-corrected chi connectivity index (χ0v) is 18.9. The Labute approximate surface area is 202 Å². The molecule has 2 amide bonds. The summed E-state index contributed by atoms with van der Waals surface area (Å²) in [7, 11) is 0. The molecule has 9 nitrogen and oxygen atoms in total. The number of aromatic nitrogens is 4. The number of pyridine rings is 1. The van der Waals surface area contributed by atoms with E-state index in [1.165, 1.54) is 9.42 Å². The maximum absolute atomic E-state index is 13.5. The summed E-state index contributed by atoms with van der Waals surface area (Å²) in [5, 5.41) is 7.14. The smallest absolute Gasteiger partial charge is 0.291 e. The van der Waals surface area contributed by atoms with Gasteiger partial charge in [0, 0.05) is 29.2 Å². The van der Waals surface area contributed by atoms with E-state index < -0.39 is 11.5 Å². The van der Waals surface area contributed by atoms with E-state index in [1.807, 2.05) is 18.2 Å². The highest BCUT2D eigenvalue weighted by molar-refractivity contribution is 7.15. The summed E-state index contributed by atoms with van der Waals surface area (Å²) in [5.41, 5.74) is 2.38. The molecule has 4 heterocycles. The second kappa shape index (κ2) is 8.26. The third-order valence-corrected chi connectivity index (χ3v) is 6.64. The van der Waals surface area contributed by atoms with Crippen molar-refractivity contribution in [2.24, 2.45) is 0 Å². The van der Waals surface area contributed by atoms with Crippen LogP contribution in [0.25, 0.3) is 21.9 Å². The van der Waals surface area contributed by atoms with E-state index in [0.717, 1.165) is 16.9 Å². The van der Waals surface area contributed by atoms with E-state index in [2.05, 4.69) is 20.4 Å². The Morgan fingerprint density at radius 3 is 2.46 bits per heavy atom. The van der Waals surface area contributed by atoms with E-state index in [-0.39, 0.29) is 22.6 Å². The number of amides is 2. The highest BCUT2D eigenvalue weighted by Crippen LogP contribution is 2.35. The van der Waals surface area contributed by atoms with Crippen molar-refractivity contribution in [3.8, 4) is 11.4 Å². The van der Waals surface area contributed by atoms with Crippen molar-refractivity contribution in [3.05, 3.63) is 99.6 Å². The molecule has 170 valence electrons. The molecular weight excluding hydrogens is 464 g/mol. The molecule has 0 aliphatic carbocycles. The molecule has 10 heteroatoms. The Morgan fingerprint density at radius 2 is 1.69 bits per heavy atom. The summed E-state index contributed by atoms with van der Waals surface area (Å²) in [6, 6.07) is 19.7. The van der Waals surface area contributed by atoms with E-state index in [9.17, 15) is 14.4 Å². The van der Waals surface area contributed by atoms with Crippen LogP contribution in [0.5, 0.6) is 0 Å². The normalized spacial score (nSPS) is 14.4. The summed E-state index contributed by atoms with van der Waals surface area (Å²) in [6.07, 6.45) is 3.25. The van der Waals surface area contributed by atoms with Crippen molar-refractivity contribution in [2.75, 3.05) is 16.8 Å². The van der Waals surface area contributed by atoms with E-state index in [0.29, 0.717) is 27.7 Å². The van der Waals surface area contributed by atoms with Gasteiger partial charge in [-0.15, -0.1) is 5.10 Å². The van der Waals surface area contributed by atoms with E-state index in [1.54, 1.807) is 60.9 Å². The second-order valence-corrected chi connectivity index (χ2v) is 8.78. The molecular formula is C25H16N6O3S. The summed E-state index contributed by atoms with van der Waals surface area (Å²) in [4.78, 5) is 49.7. The fraction of sp³-hybridized carbons (Fsp3) is 0.0400. The number of fused-ring (bicyclic) bond motifs is 2. The zero-order valence-electron chi connectivity index (χ0n) is 18.1. The minimum Gasteiger partial charge on any atom is -0.325 e. The average molecular weight is 481 g/mol. The lowest BCUT2D eigenvalue weighted by atomic mass is 10.1. The van der Waals surface area contributed by atoms with Gasteiger partial charge in [-0.05, 0) is 30.3 Å². The zero-order chi connectivity index (χ0) is 23.9. The number of benzene rings is 2. The van der Waals surface area contributed by atoms with Gasteiger partial charge < -0.3 is 5.32 Å². The van der Waals surface area contributed by atoms with Gasteiger partial charge in [-0.25, -0.2) is 0 Å². The molecule has 0 bridgehead atoms. The van der Waals surface area contributed by atoms with Gasteiger partial charge in [0.05, 0.1) is 11.3 Å². The van der Waals surface area contributed by atoms with Gasteiger partial charge in [-0.2, -0.15) is 9.50 Å². The molecule has 1 aliphatic rings. The van der Waals surface area contributed by atoms with Crippen LogP contribution in [-0.2, 0) is 9.59 Å². The van der Waals surface area contributed by atoms with Crippen LogP contribution in [0.15, 0.2) is 83.9 Å². The molecule has 0 spiro atoms. The highest BCUT2D eigenvalue weighted by atomic mass is 32.1. The molecule has 0 saturated heterocycles. The maximum Gasteiger partial charge on any atom is 0.291 e. The average Bonchev–Trinajstić information content (AvgIpc) is 3.51. The minimum absolute atomic E-state index is 0.185. The van der Waals surface area contributed by atoms with Crippen LogP contribution in [0.4, 0.5) is 11.4 Å². The van der Waals surface area contributed by atoms with Crippen LogP contribution >= 0.6 is 11.3 Å². The monoisotopic (exact) mass is 480 g/mol. The number of anilines is 2. The number of para-hydroxylation sites is 2. The predicted octanol–water partition coefficient (Wildman–Crippen LogP) is 2.12. The molecule has 0 radical (unpaired) electrons. The van der Waals surface area contributed by atoms with Crippen LogP contribution in [0, 0.1) is 0 Å². The van der Waals surface area contributed by atoms with Gasteiger partial charge >= 0.3 is 0 Å². The molecule has 0 saturated carbocycles. The number of hydrogen-bond donors (Lipinski definition) is 1. The SMILES string of the molecule is O=C(CN1C(=O)C(=c2sc3nc(-c4ccncc4)nn3c2=O)c2ccccc21)Nc1ccccc1. The Kier molecular flexibility index (Phi) is 4.93. The first-order valence-corrected chi connectivity index (χ1v) is 11.5. The van der Waals surface area contributed by atoms with Crippen LogP contribution < -0.4 is 20.3 Å². The second-order valence-electron chi connectivity index (χ2n) is 7.80. The van der Waals surface area contributed by atoms with Crippen LogP contribution in [-0.4, -0.2) is 37.9 Å². The lowest BCUT2D eigenvalue weighted by Crippen LogP contribution is -2.37. The summed E-state index contributed by atoms with van der Waals surface area (Å²) < 4.78 is 1.45. The van der Waals surface area contributed by atoms with Crippen LogP contribution in [0.3, 0.4) is 0 Å².